The molecule has 0 N–H and O–H groups in total. The smallest absolute Gasteiger partial charge is 0.205 e. The van der Waals surface area contributed by atoms with Gasteiger partial charge in [0, 0.05) is 17.7 Å². The van der Waals surface area contributed by atoms with E-state index in [1.54, 1.807) is 19.1 Å². The average Bonchev–Trinajstić information content (AvgIpc) is 2.26. The van der Waals surface area contributed by atoms with Gasteiger partial charge in [0.15, 0.2) is 6.61 Å². The third-order valence-corrected chi connectivity index (χ3v) is 2.52. The van der Waals surface area contributed by atoms with Gasteiger partial charge in [0.2, 0.25) is 5.78 Å². The maximum absolute atomic E-state index is 12.6. The maximum Gasteiger partial charge on any atom is 0.205 e. The molecule has 0 aliphatic heterocycles. The highest BCUT2D eigenvalue weighted by atomic mass is 32.1. The number of thiol groups is 1. The van der Waals surface area contributed by atoms with Crippen molar-refractivity contribution in [3.63, 3.8) is 0 Å². The maximum atomic E-state index is 12.6. The van der Waals surface area contributed by atoms with Gasteiger partial charge in [-0.25, -0.2) is 4.39 Å². The summed E-state index contributed by atoms with van der Waals surface area (Å²) in [6.07, 6.45) is 5.38. The number of hydrogen-bond acceptors (Lipinski definition) is 3. The Hall–Kier alpha value is -1.03. The van der Waals surface area contributed by atoms with Gasteiger partial charge in [-0.05, 0) is 19.1 Å². The second-order valence-corrected chi connectivity index (χ2v) is 3.61. The van der Waals surface area contributed by atoms with Crippen molar-refractivity contribution >= 4 is 18.4 Å². The molecule has 0 aromatic carbocycles. The molecule has 0 atom stereocenters. The second-order valence-electron chi connectivity index (χ2n) is 3.13. The number of rotatable bonds is 4. The quantitative estimate of drug-likeness (QED) is 0.591. The topological polar surface area (TPSA) is 26.3 Å². The third kappa shape index (κ3) is 3.91. The van der Waals surface area contributed by atoms with Crippen LogP contribution in [0.3, 0.4) is 0 Å². The van der Waals surface area contributed by atoms with E-state index in [9.17, 15) is 9.18 Å². The Morgan fingerprint density at radius 1 is 1.60 bits per heavy atom. The van der Waals surface area contributed by atoms with Crippen molar-refractivity contribution in [3.05, 3.63) is 34.7 Å². The highest BCUT2D eigenvalue weighted by Crippen LogP contribution is 2.19. The van der Waals surface area contributed by atoms with Crippen LogP contribution in [0, 0.1) is 0 Å². The lowest BCUT2D eigenvalue weighted by molar-refractivity contribution is -0.118. The molecular weight excluding hydrogens is 215 g/mol. The van der Waals surface area contributed by atoms with Crippen molar-refractivity contribution in [2.45, 2.75) is 19.8 Å². The van der Waals surface area contributed by atoms with Crippen molar-refractivity contribution in [2.75, 3.05) is 6.61 Å². The molecule has 0 heterocycles. The van der Waals surface area contributed by atoms with Gasteiger partial charge in [-0.15, -0.1) is 12.6 Å². The zero-order chi connectivity index (χ0) is 11.3. The lowest BCUT2D eigenvalue weighted by Gasteiger charge is -2.11. The Bertz CT molecular complexity index is 342. The standard InChI is InChI=1S/C11H13FO2S/c1-2-11(15)10(13)7-14-9-5-3-8(12)4-6-9/h2-3,5,15H,4,6-7H2,1H3/b11-2-. The normalized spacial score (nSPS) is 16.9. The van der Waals surface area contributed by atoms with Gasteiger partial charge in [-0.2, -0.15) is 0 Å². The van der Waals surface area contributed by atoms with Gasteiger partial charge in [0.1, 0.15) is 5.83 Å². The number of halogens is 1. The van der Waals surface area contributed by atoms with E-state index in [0.29, 0.717) is 23.5 Å². The second kappa shape index (κ2) is 5.75. The van der Waals surface area contributed by atoms with Crippen LogP contribution in [0.15, 0.2) is 34.7 Å². The number of Topliss-reactive ketones (excluding diaryl/α,β-unsaturated/α-hetero) is 1. The van der Waals surface area contributed by atoms with Gasteiger partial charge in [0.25, 0.3) is 0 Å². The van der Waals surface area contributed by atoms with E-state index >= 15 is 0 Å². The molecule has 0 saturated heterocycles. The van der Waals surface area contributed by atoms with Gasteiger partial charge >= 0.3 is 0 Å². The van der Waals surface area contributed by atoms with Gasteiger partial charge < -0.3 is 4.74 Å². The summed E-state index contributed by atoms with van der Waals surface area (Å²) in [5.74, 6) is 0.316. The van der Waals surface area contributed by atoms with Crippen molar-refractivity contribution < 1.29 is 13.9 Å². The number of carbonyl (C=O) groups excluding carboxylic acids is 1. The van der Waals surface area contributed by atoms with Crippen molar-refractivity contribution in [1.82, 2.24) is 0 Å². The molecule has 15 heavy (non-hydrogen) atoms. The SMILES string of the molecule is C/C=C(\S)C(=O)COC1=CC=C(F)CC1. The number of hydrogen-bond donors (Lipinski definition) is 1. The van der Waals surface area contributed by atoms with Crippen LogP contribution in [0.1, 0.15) is 19.8 Å². The zero-order valence-electron chi connectivity index (χ0n) is 8.50. The Kier molecular flexibility index (Phi) is 4.62. The summed E-state index contributed by atoms with van der Waals surface area (Å²) in [5, 5.41) is 0. The average molecular weight is 228 g/mol. The fourth-order valence-corrected chi connectivity index (χ4v) is 1.17. The predicted molar refractivity (Wildman–Crippen MR) is 60.2 cm³/mol. The van der Waals surface area contributed by atoms with Gasteiger partial charge in [0.05, 0.1) is 5.76 Å². The Morgan fingerprint density at radius 3 is 2.87 bits per heavy atom. The first-order valence-electron chi connectivity index (χ1n) is 4.70. The number of ketones is 1. The van der Waals surface area contributed by atoms with Crippen LogP contribution in [0.25, 0.3) is 0 Å². The van der Waals surface area contributed by atoms with Crippen LogP contribution < -0.4 is 0 Å². The van der Waals surface area contributed by atoms with Crippen LogP contribution in [-0.2, 0) is 9.53 Å². The van der Waals surface area contributed by atoms with Crippen LogP contribution in [-0.4, -0.2) is 12.4 Å². The molecule has 0 unspecified atom stereocenters. The van der Waals surface area contributed by atoms with Crippen LogP contribution >= 0.6 is 12.6 Å². The number of allylic oxidation sites excluding steroid dienone is 5. The monoisotopic (exact) mass is 228 g/mol. The number of ether oxygens (including phenoxy) is 1. The molecule has 0 fully saturated rings. The summed E-state index contributed by atoms with van der Waals surface area (Å²) in [7, 11) is 0. The van der Waals surface area contributed by atoms with E-state index < -0.39 is 0 Å². The lowest BCUT2D eigenvalue weighted by Crippen LogP contribution is -2.09. The molecule has 1 rings (SSSR count). The molecule has 0 radical (unpaired) electrons. The van der Waals surface area contributed by atoms with E-state index in [1.807, 2.05) is 0 Å². The molecular formula is C11H13FO2S. The fourth-order valence-electron chi connectivity index (χ4n) is 1.11. The molecule has 4 heteroatoms. The summed E-state index contributed by atoms with van der Waals surface area (Å²) in [5.41, 5.74) is 0. The molecule has 0 aromatic rings. The fraction of sp³-hybridized carbons (Fsp3) is 0.364. The first-order chi connectivity index (χ1) is 7.13. The highest BCUT2D eigenvalue weighted by Gasteiger charge is 2.10. The van der Waals surface area contributed by atoms with E-state index in [2.05, 4.69) is 12.6 Å². The minimum absolute atomic E-state index is 0.0372. The summed E-state index contributed by atoms with van der Waals surface area (Å²) in [6, 6.07) is 0. The largest absolute Gasteiger partial charge is 0.490 e. The Labute approximate surface area is 93.9 Å². The van der Waals surface area contributed by atoms with E-state index in [1.165, 1.54) is 6.08 Å². The molecule has 0 amide bonds. The highest BCUT2D eigenvalue weighted by molar-refractivity contribution is 7.85. The van der Waals surface area contributed by atoms with Crippen molar-refractivity contribution in [1.29, 1.82) is 0 Å². The molecule has 0 aromatic heterocycles. The molecule has 0 saturated carbocycles. The first-order valence-corrected chi connectivity index (χ1v) is 5.14. The molecule has 0 bridgehead atoms. The summed E-state index contributed by atoms with van der Waals surface area (Å²) in [4.78, 5) is 11.7. The van der Waals surface area contributed by atoms with Gasteiger partial charge in [-0.1, -0.05) is 6.08 Å². The van der Waals surface area contributed by atoms with E-state index in [-0.39, 0.29) is 18.2 Å². The molecule has 82 valence electrons. The summed E-state index contributed by atoms with van der Waals surface area (Å²) in [6.45, 7) is 1.70. The van der Waals surface area contributed by atoms with E-state index in [4.69, 9.17) is 4.74 Å². The minimum atomic E-state index is -0.170. The minimum Gasteiger partial charge on any atom is -0.490 e. The van der Waals surface area contributed by atoms with Crippen LogP contribution in [0.2, 0.25) is 0 Å². The molecule has 1 aliphatic rings. The van der Waals surface area contributed by atoms with Crippen molar-refractivity contribution in [2.24, 2.45) is 0 Å². The molecule has 0 spiro atoms. The zero-order valence-corrected chi connectivity index (χ0v) is 9.39. The third-order valence-electron chi connectivity index (χ3n) is 2.01. The molecule has 1 aliphatic carbocycles. The van der Waals surface area contributed by atoms with Crippen LogP contribution in [0.4, 0.5) is 4.39 Å². The summed E-state index contributed by atoms with van der Waals surface area (Å²) < 4.78 is 17.8. The number of carbonyl (C=O) groups is 1. The van der Waals surface area contributed by atoms with Gasteiger partial charge in [-0.3, -0.25) is 4.79 Å². The van der Waals surface area contributed by atoms with Crippen molar-refractivity contribution in [3.8, 4) is 0 Å². The first kappa shape index (κ1) is 12.0. The lowest BCUT2D eigenvalue weighted by atomic mass is 10.1. The predicted octanol–water partition coefficient (Wildman–Crippen LogP) is 2.94. The molecule has 2 nitrogen and oxygen atoms in total. The Balaban J connectivity index is 2.42. The Morgan fingerprint density at radius 2 is 2.33 bits per heavy atom. The van der Waals surface area contributed by atoms with Crippen LogP contribution in [0.5, 0.6) is 0 Å². The summed E-state index contributed by atoms with van der Waals surface area (Å²) >= 11 is 3.98. The van der Waals surface area contributed by atoms with E-state index in [0.717, 1.165) is 0 Å².